The Balaban J connectivity index is 1.80. The van der Waals surface area contributed by atoms with Gasteiger partial charge in [-0.1, -0.05) is 0 Å². The van der Waals surface area contributed by atoms with Crippen molar-refractivity contribution in [1.29, 1.82) is 0 Å². The Morgan fingerprint density at radius 3 is 2.62 bits per heavy atom. The molecule has 0 saturated carbocycles. The summed E-state index contributed by atoms with van der Waals surface area (Å²) in [5.41, 5.74) is -0.769. The number of methoxy groups -OCH3 is 1. The van der Waals surface area contributed by atoms with E-state index in [4.69, 9.17) is 14.6 Å². The summed E-state index contributed by atoms with van der Waals surface area (Å²) in [6.45, 7) is 0.730. The molecule has 0 unspecified atom stereocenters. The Bertz CT molecular complexity index is 1190. The number of hydrogen-bond donors (Lipinski definition) is 1. The number of benzene rings is 1. The second-order valence-corrected chi connectivity index (χ2v) is 7.21. The van der Waals surface area contributed by atoms with E-state index in [0.717, 1.165) is 6.07 Å². The van der Waals surface area contributed by atoms with Gasteiger partial charge in [0.1, 0.15) is 23.1 Å². The minimum absolute atomic E-state index is 0.0924. The lowest BCUT2D eigenvalue weighted by Crippen LogP contribution is -2.46. The molecule has 1 amide bonds. The Labute approximate surface area is 179 Å². The molecule has 1 atom stereocenters. The largest absolute Gasteiger partial charge is 0.478 e. The number of carbonyl (C=O) groups excluding carboxylic acids is 1. The second-order valence-electron chi connectivity index (χ2n) is 7.21. The summed E-state index contributed by atoms with van der Waals surface area (Å²) in [5.74, 6) is -4.31. The molecule has 4 rings (SSSR count). The first-order valence-corrected chi connectivity index (χ1v) is 9.62. The van der Waals surface area contributed by atoms with Crippen LogP contribution in [0.4, 0.5) is 18.0 Å². The number of ether oxygens (including phenoxy) is 2. The van der Waals surface area contributed by atoms with E-state index < -0.39 is 46.7 Å². The lowest BCUT2D eigenvalue weighted by Gasteiger charge is -2.32. The smallest absolute Gasteiger partial charge is 0.409 e. The fourth-order valence-electron chi connectivity index (χ4n) is 3.74. The summed E-state index contributed by atoms with van der Waals surface area (Å²) in [6, 6.07) is 3.68. The Morgan fingerprint density at radius 2 is 1.97 bits per heavy atom. The summed E-state index contributed by atoms with van der Waals surface area (Å²) in [5, 5.41) is 9.05. The molecule has 0 radical (unpaired) electrons. The molecule has 11 heteroatoms. The van der Waals surface area contributed by atoms with Gasteiger partial charge in [-0.05, 0) is 18.2 Å². The number of amides is 1. The zero-order chi connectivity index (χ0) is 23.0. The van der Waals surface area contributed by atoms with Crippen molar-refractivity contribution in [2.45, 2.75) is 12.5 Å². The van der Waals surface area contributed by atoms with Gasteiger partial charge in [-0.3, -0.25) is 0 Å². The molecule has 32 heavy (non-hydrogen) atoms. The van der Waals surface area contributed by atoms with E-state index in [1.165, 1.54) is 28.7 Å². The van der Waals surface area contributed by atoms with Crippen molar-refractivity contribution in [3.05, 3.63) is 59.2 Å². The van der Waals surface area contributed by atoms with E-state index in [9.17, 15) is 22.8 Å². The highest BCUT2D eigenvalue weighted by Gasteiger charge is 2.29. The van der Waals surface area contributed by atoms with E-state index in [2.05, 4.69) is 4.98 Å². The highest BCUT2D eigenvalue weighted by atomic mass is 19.1. The Kier molecular flexibility index (Phi) is 5.74. The van der Waals surface area contributed by atoms with Crippen LogP contribution in [0.15, 0.2) is 30.5 Å². The van der Waals surface area contributed by atoms with Crippen LogP contribution in [0.25, 0.3) is 16.9 Å². The number of morpholine rings is 1. The van der Waals surface area contributed by atoms with Gasteiger partial charge in [0.05, 0.1) is 48.9 Å². The topological polar surface area (TPSA) is 93.4 Å². The first-order chi connectivity index (χ1) is 15.3. The third-order valence-corrected chi connectivity index (χ3v) is 5.21. The zero-order valence-corrected chi connectivity index (χ0v) is 16.8. The zero-order valence-electron chi connectivity index (χ0n) is 16.8. The standard InChI is InChI=1S/C21H18F3N3O5/c1-31-21(30)26-4-5-32-13(10-26)9-16-19(25-17-8-12(22)2-3-27(16)17)18-14(23)6-11(20(28)29)7-15(18)24/h2-3,6-8,13H,4-5,9-10H2,1H3,(H,28,29)/t13-/m0/s1. The highest BCUT2D eigenvalue weighted by molar-refractivity contribution is 5.88. The maximum absolute atomic E-state index is 14.8. The van der Waals surface area contributed by atoms with Gasteiger partial charge in [0.25, 0.3) is 0 Å². The van der Waals surface area contributed by atoms with E-state index in [1.54, 1.807) is 0 Å². The number of imidazole rings is 1. The minimum atomic E-state index is -1.48. The SMILES string of the molecule is COC(=O)N1CCO[C@@H](Cc2c(-c3c(F)cc(C(=O)O)cc3F)nc3cc(F)ccn23)C1. The van der Waals surface area contributed by atoms with Gasteiger partial charge in [-0.25, -0.2) is 27.7 Å². The molecule has 1 aliphatic rings. The fourth-order valence-corrected chi connectivity index (χ4v) is 3.74. The van der Waals surface area contributed by atoms with E-state index in [-0.39, 0.29) is 30.9 Å². The van der Waals surface area contributed by atoms with Crippen molar-refractivity contribution in [3.8, 4) is 11.3 Å². The van der Waals surface area contributed by atoms with Crippen LogP contribution in [0.5, 0.6) is 0 Å². The number of hydrogen-bond acceptors (Lipinski definition) is 5. The number of aromatic carboxylic acids is 1. The lowest BCUT2D eigenvalue weighted by atomic mass is 10.0. The van der Waals surface area contributed by atoms with Crippen molar-refractivity contribution in [1.82, 2.24) is 14.3 Å². The van der Waals surface area contributed by atoms with Gasteiger partial charge < -0.3 is 23.9 Å². The third-order valence-electron chi connectivity index (χ3n) is 5.21. The van der Waals surface area contributed by atoms with E-state index in [1.807, 2.05) is 0 Å². The van der Waals surface area contributed by atoms with Gasteiger partial charge in [0, 0.05) is 25.2 Å². The molecular formula is C21H18F3N3O5. The van der Waals surface area contributed by atoms with Crippen LogP contribution in [0.2, 0.25) is 0 Å². The summed E-state index contributed by atoms with van der Waals surface area (Å²) in [6.07, 6.45) is 0.393. The molecule has 8 nitrogen and oxygen atoms in total. The number of aromatic nitrogens is 2. The van der Waals surface area contributed by atoms with Crippen LogP contribution in [-0.2, 0) is 15.9 Å². The van der Waals surface area contributed by atoms with Gasteiger partial charge >= 0.3 is 12.1 Å². The summed E-state index contributed by atoms with van der Waals surface area (Å²) in [7, 11) is 1.26. The van der Waals surface area contributed by atoms with Crippen molar-refractivity contribution in [2.24, 2.45) is 0 Å². The molecule has 1 N–H and O–H groups in total. The van der Waals surface area contributed by atoms with Crippen LogP contribution >= 0.6 is 0 Å². The van der Waals surface area contributed by atoms with Crippen LogP contribution in [0.1, 0.15) is 16.1 Å². The number of carbonyl (C=O) groups is 2. The lowest BCUT2D eigenvalue weighted by molar-refractivity contribution is -0.0241. The predicted molar refractivity (Wildman–Crippen MR) is 105 cm³/mol. The number of fused-ring (bicyclic) bond motifs is 1. The molecule has 2 aromatic heterocycles. The molecule has 0 bridgehead atoms. The van der Waals surface area contributed by atoms with Crippen molar-refractivity contribution in [3.63, 3.8) is 0 Å². The number of carboxylic acid groups (broad SMARTS) is 1. The van der Waals surface area contributed by atoms with Gasteiger partial charge in [-0.15, -0.1) is 0 Å². The first kappa shape index (κ1) is 21.6. The third kappa shape index (κ3) is 3.98. The molecular weight excluding hydrogens is 431 g/mol. The van der Waals surface area contributed by atoms with Crippen LogP contribution in [0.3, 0.4) is 0 Å². The van der Waals surface area contributed by atoms with Crippen LogP contribution in [-0.4, -0.2) is 64.4 Å². The fraction of sp³-hybridized carbons (Fsp3) is 0.286. The van der Waals surface area contributed by atoms with Gasteiger partial charge in [0.2, 0.25) is 0 Å². The summed E-state index contributed by atoms with van der Waals surface area (Å²) < 4.78 is 55.3. The molecule has 3 aromatic rings. The molecule has 1 aliphatic heterocycles. The second kappa shape index (κ2) is 8.50. The predicted octanol–water partition coefficient (Wildman–Crippen LogP) is 3.13. The molecule has 0 aliphatic carbocycles. The molecule has 3 heterocycles. The molecule has 1 fully saturated rings. The number of carboxylic acids is 1. The van der Waals surface area contributed by atoms with Crippen LogP contribution < -0.4 is 0 Å². The normalized spacial score (nSPS) is 16.4. The van der Waals surface area contributed by atoms with Crippen molar-refractivity contribution >= 4 is 17.7 Å². The number of nitrogens with zero attached hydrogens (tertiary/aromatic N) is 3. The minimum Gasteiger partial charge on any atom is -0.478 e. The summed E-state index contributed by atoms with van der Waals surface area (Å²) in [4.78, 5) is 28.6. The van der Waals surface area contributed by atoms with Gasteiger partial charge in [0.15, 0.2) is 0 Å². The Hall–Kier alpha value is -3.60. The van der Waals surface area contributed by atoms with E-state index in [0.29, 0.717) is 24.4 Å². The average Bonchev–Trinajstić information content (AvgIpc) is 3.09. The molecule has 1 aromatic carbocycles. The average molecular weight is 449 g/mol. The van der Waals surface area contributed by atoms with Crippen LogP contribution in [0, 0.1) is 17.5 Å². The summed E-state index contributed by atoms with van der Waals surface area (Å²) >= 11 is 0. The molecule has 0 spiro atoms. The molecule has 168 valence electrons. The number of halogens is 3. The Morgan fingerprint density at radius 1 is 1.25 bits per heavy atom. The monoisotopic (exact) mass is 449 g/mol. The number of pyridine rings is 1. The van der Waals surface area contributed by atoms with Gasteiger partial charge in [-0.2, -0.15) is 0 Å². The first-order valence-electron chi connectivity index (χ1n) is 9.62. The van der Waals surface area contributed by atoms with Crippen molar-refractivity contribution in [2.75, 3.05) is 26.8 Å². The quantitative estimate of drug-likeness (QED) is 0.658. The van der Waals surface area contributed by atoms with Crippen molar-refractivity contribution < 1.29 is 37.3 Å². The number of rotatable bonds is 4. The maximum atomic E-state index is 14.8. The van der Waals surface area contributed by atoms with E-state index >= 15 is 0 Å². The maximum Gasteiger partial charge on any atom is 0.409 e. The molecule has 1 saturated heterocycles. The highest BCUT2D eigenvalue weighted by Crippen LogP contribution is 2.32.